The molecule has 32 heavy (non-hydrogen) atoms. The van der Waals surface area contributed by atoms with Crippen molar-refractivity contribution in [2.24, 2.45) is 0 Å². The monoisotopic (exact) mass is 434 g/mol. The highest BCUT2D eigenvalue weighted by Crippen LogP contribution is 2.31. The number of nitrogens with zero attached hydrogens (tertiary/aromatic N) is 1. The Morgan fingerprint density at radius 3 is 2.47 bits per heavy atom. The normalized spacial score (nSPS) is 18.2. The molecule has 2 aromatic rings. The standard InChI is InChI=1S/C25H26N2O5/c1-2-31-22-15-18(12-13-21(22)32-16-17-8-4-3-5-9-17)14-20-23(28)26-25(30)27(24(20)29)19-10-6-7-11-19/h3-5,8-9,12-15,19H,2,6-7,10-11,16H2,1H3,(H,26,28,30)/b20-14+. The summed E-state index contributed by atoms with van der Waals surface area (Å²) in [4.78, 5) is 38.9. The van der Waals surface area contributed by atoms with Gasteiger partial charge >= 0.3 is 6.03 Å². The highest BCUT2D eigenvalue weighted by molar-refractivity contribution is 6.31. The summed E-state index contributed by atoms with van der Waals surface area (Å²) >= 11 is 0. The molecule has 2 fully saturated rings. The molecule has 0 aromatic heterocycles. The minimum Gasteiger partial charge on any atom is -0.490 e. The maximum atomic E-state index is 13.0. The summed E-state index contributed by atoms with van der Waals surface area (Å²) in [6.07, 6.45) is 4.97. The molecule has 7 nitrogen and oxygen atoms in total. The van der Waals surface area contributed by atoms with Crippen LogP contribution >= 0.6 is 0 Å². The van der Waals surface area contributed by atoms with E-state index >= 15 is 0 Å². The van der Waals surface area contributed by atoms with Crippen LogP contribution in [-0.2, 0) is 16.2 Å². The van der Waals surface area contributed by atoms with E-state index in [2.05, 4.69) is 5.32 Å². The lowest BCUT2D eigenvalue weighted by atomic mass is 10.0. The molecule has 0 atom stereocenters. The Labute approximate surface area is 187 Å². The van der Waals surface area contributed by atoms with Crippen molar-refractivity contribution >= 4 is 23.9 Å². The first-order chi connectivity index (χ1) is 15.6. The summed E-state index contributed by atoms with van der Waals surface area (Å²) in [5.74, 6) is -0.144. The zero-order valence-corrected chi connectivity index (χ0v) is 18.0. The Morgan fingerprint density at radius 1 is 1.00 bits per heavy atom. The highest BCUT2D eigenvalue weighted by Gasteiger charge is 2.40. The Balaban J connectivity index is 1.57. The lowest BCUT2D eigenvalue weighted by molar-refractivity contribution is -0.131. The predicted molar refractivity (Wildman–Crippen MR) is 119 cm³/mol. The van der Waals surface area contributed by atoms with Gasteiger partial charge in [0.15, 0.2) is 11.5 Å². The van der Waals surface area contributed by atoms with Crippen molar-refractivity contribution in [2.45, 2.75) is 45.3 Å². The van der Waals surface area contributed by atoms with E-state index in [1.807, 2.05) is 37.3 Å². The van der Waals surface area contributed by atoms with E-state index in [4.69, 9.17) is 9.47 Å². The van der Waals surface area contributed by atoms with E-state index in [0.717, 1.165) is 31.2 Å². The first-order valence-electron chi connectivity index (χ1n) is 10.9. The van der Waals surface area contributed by atoms with Crippen LogP contribution in [0.5, 0.6) is 11.5 Å². The molecule has 0 spiro atoms. The summed E-state index contributed by atoms with van der Waals surface area (Å²) in [5.41, 5.74) is 1.58. The van der Waals surface area contributed by atoms with Crippen molar-refractivity contribution in [3.63, 3.8) is 0 Å². The number of amides is 4. The lowest BCUT2D eigenvalue weighted by Crippen LogP contribution is -2.57. The number of urea groups is 1. The van der Waals surface area contributed by atoms with Crippen LogP contribution in [0.4, 0.5) is 4.79 Å². The second-order valence-electron chi connectivity index (χ2n) is 7.84. The van der Waals surface area contributed by atoms with Gasteiger partial charge in [0.25, 0.3) is 11.8 Å². The second-order valence-corrected chi connectivity index (χ2v) is 7.84. The van der Waals surface area contributed by atoms with E-state index < -0.39 is 17.8 Å². The van der Waals surface area contributed by atoms with Crippen LogP contribution in [0.2, 0.25) is 0 Å². The summed E-state index contributed by atoms with van der Waals surface area (Å²) in [6, 6.07) is 14.2. The molecule has 4 amide bonds. The number of hydrogen-bond donors (Lipinski definition) is 1. The molecular weight excluding hydrogens is 408 g/mol. The SMILES string of the molecule is CCOc1cc(/C=C2\C(=O)NC(=O)N(C3CCCC3)C2=O)ccc1OCc1ccccc1. The number of carbonyl (C=O) groups is 3. The van der Waals surface area contributed by atoms with Crippen molar-refractivity contribution in [1.82, 2.24) is 10.2 Å². The van der Waals surface area contributed by atoms with E-state index in [-0.39, 0.29) is 11.6 Å². The van der Waals surface area contributed by atoms with Crippen LogP contribution in [0.1, 0.15) is 43.7 Å². The Morgan fingerprint density at radius 2 is 1.75 bits per heavy atom. The molecule has 166 valence electrons. The van der Waals surface area contributed by atoms with E-state index in [9.17, 15) is 14.4 Å². The van der Waals surface area contributed by atoms with Gasteiger partial charge in [0.2, 0.25) is 0 Å². The fraction of sp³-hybridized carbons (Fsp3) is 0.320. The average Bonchev–Trinajstić information content (AvgIpc) is 3.31. The fourth-order valence-electron chi connectivity index (χ4n) is 4.07. The number of barbiturate groups is 1. The van der Waals surface area contributed by atoms with Gasteiger partial charge in [-0.05, 0) is 49.1 Å². The van der Waals surface area contributed by atoms with Crippen molar-refractivity contribution < 1.29 is 23.9 Å². The molecule has 1 aliphatic heterocycles. The highest BCUT2D eigenvalue weighted by atomic mass is 16.5. The number of carbonyl (C=O) groups excluding carboxylic acids is 3. The van der Waals surface area contributed by atoms with Gasteiger partial charge in [0, 0.05) is 6.04 Å². The molecule has 2 aromatic carbocycles. The topological polar surface area (TPSA) is 84.9 Å². The van der Waals surface area contributed by atoms with Gasteiger partial charge in [-0.2, -0.15) is 0 Å². The minimum atomic E-state index is -0.684. The van der Waals surface area contributed by atoms with Gasteiger partial charge < -0.3 is 9.47 Å². The first-order valence-corrected chi connectivity index (χ1v) is 10.9. The molecule has 0 radical (unpaired) electrons. The third kappa shape index (κ3) is 4.66. The van der Waals surface area contributed by atoms with Crippen LogP contribution in [0.3, 0.4) is 0 Å². The molecule has 4 rings (SSSR count). The molecule has 1 saturated heterocycles. The molecule has 7 heteroatoms. The van der Waals surface area contributed by atoms with E-state index in [0.29, 0.717) is 30.3 Å². The molecule has 1 N–H and O–H groups in total. The number of ether oxygens (including phenoxy) is 2. The van der Waals surface area contributed by atoms with Crippen LogP contribution in [0.15, 0.2) is 54.1 Å². The second kappa shape index (κ2) is 9.68. The zero-order chi connectivity index (χ0) is 22.5. The molecule has 1 aliphatic carbocycles. The maximum Gasteiger partial charge on any atom is 0.331 e. The van der Waals surface area contributed by atoms with Crippen LogP contribution in [-0.4, -0.2) is 35.4 Å². The minimum absolute atomic E-state index is 0.0584. The quantitative estimate of drug-likeness (QED) is 0.525. The number of nitrogens with one attached hydrogen (secondary N) is 1. The molecule has 0 bridgehead atoms. The van der Waals surface area contributed by atoms with E-state index in [1.54, 1.807) is 18.2 Å². The summed E-state index contributed by atoms with van der Waals surface area (Å²) in [6.45, 7) is 2.70. The molecule has 0 unspecified atom stereocenters. The van der Waals surface area contributed by atoms with Crippen LogP contribution in [0.25, 0.3) is 6.08 Å². The smallest absolute Gasteiger partial charge is 0.331 e. The van der Waals surface area contributed by atoms with Crippen LogP contribution in [0, 0.1) is 0 Å². The van der Waals surface area contributed by atoms with Gasteiger partial charge in [0.05, 0.1) is 6.61 Å². The molecule has 2 aliphatic rings. The first kappa shape index (κ1) is 21.6. The Bertz CT molecular complexity index is 1040. The van der Waals surface area contributed by atoms with Gasteiger partial charge in [-0.3, -0.25) is 19.8 Å². The largest absolute Gasteiger partial charge is 0.490 e. The van der Waals surface area contributed by atoms with Crippen molar-refractivity contribution in [3.8, 4) is 11.5 Å². The van der Waals surface area contributed by atoms with Gasteiger partial charge in [-0.25, -0.2) is 4.79 Å². The summed E-state index contributed by atoms with van der Waals surface area (Å²) in [5, 5.41) is 2.30. The molecule has 1 heterocycles. The van der Waals surface area contributed by atoms with Gasteiger partial charge in [-0.15, -0.1) is 0 Å². The average molecular weight is 434 g/mol. The van der Waals surface area contributed by atoms with Gasteiger partial charge in [-0.1, -0.05) is 49.2 Å². The van der Waals surface area contributed by atoms with Crippen molar-refractivity contribution in [3.05, 3.63) is 65.2 Å². The molecular formula is C25H26N2O5. The van der Waals surface area contributed by atoms with Gasteiger partial charge in [0.1, 0.15) is 12.2 Å². The predicted octanol–water partition coefficient (Wildman–Crippen LogP) is 4.07. The summed E-state index contributed by atoms with van der Waals surface area (Å²) in [7, 11) is 0. The Kier molecular flexibility index (Phi) is 6.54. The maximum absolute atomic E-state index is 13.0. The third-order valence-electron chi connectivity index (χ3n) is 5.64. The number of hydrogen-bond acceptors (Lipinski definition) is 5. The summed E-state index contributed by atoms with van der Waals surface area (Å²) < 4.78 is 11.6. The number of benzene rings is 2. The number of rotatable bonds is 7. The fourth-order valence-corrected chi connectivity index (χ4v) is 4.07. The van der Waals surface area contributed by atoms with Crippen LogP contribution < -0.4 is 14.8 Å². The molecule has 1 saturated carbocycles. The third-order valence-corrected chi connectivity index (χ3v) is 5.64. The number of imide groups is 2. The Hall–Kier alpha value is -3.61. The van der Waals surface area contributed by atoms with Crippen molar-refractivity contribution in [1.29, 1.82) is 0 Å². The van der Waals surface area contributed by atoms with E-state index in [1.165, 1.54) is 11.0 Å². The lowest BCUT2D eigenvalue weighted by Gasteiger charge is -2.31. The van der Waals surface area contributed by atoms with Crippen molar-refractivity contribution in [2.75, 3.05) is 6.61 Å². The zero-order valence-electron chi connectivity index (χ0n) is 18.0.